The van der Waals surface area contributed by atoms with Gasteiger partial charge in [0, 0.05) is 13.8 Å². The Bertz CT molecular complexity index is 1120. The highest BCUT2D eigenvalue weighted by atomic mass is 16.7. The second kappa shape index (κ2) is 18.1. The molecule has 0 saturated carbocycles. The highest BCUT2D eigenvalue weighted by molar-refractivity contribution is 5.75. The number of amides is 2. The summed E-state index contributed by atoms with van der Waals surface area (Å²) in [6.07, 6.45) is -24.3. The SMILES string of the molecule is CC(=O)N[C@H]1[C@H](OC(C=O)CO)O[C@H](CO)[C@@H](OC(=O)[C@H](C)O)[C@@H]1O[C@@H]1O[C@H](CO)[C@@H](O)[C@H](O[C@@H]2O[C@@H](C)[C@H](O)[C@@H](O)[C@H]2O)[C@H]1NC(C)=O. The van der Waals surface area contributed by atoms with E-state index >= 15 is 0 Å². The number of esters is 1. The van der Waals surface area contributed by atoms with E-state index in [0.29, 0.717) is 0 Å². The van der Waals surface area contributed by atoms with Crippen LogP contribution in [0.1, 0.15) is 27.7 Å². The highest BCUT2D eigenvalue weighted by Gasteiger charge is 2.56. The first-order chi connectivity index (χ1) is 23.1. The first-order valence-electron chi connectivity index (χ1n) is 15.4. The first-order valence-corrected chi connectivity index (χ1v) is 15.4. The molecular weight excluding hydrogens is 668 g/mol. The molecule has 10 N–H and O–H groups in total. The van der Waals surface area contributed by atoms with Gasteiger partial charge in [-0.15, -0.1) is 0 Å². The zero-order chi connectivity index (χ0) is 36.7. The van der Waals surface area contributed by atoms with Crippen molar-refractivity contribution in [1.29, 1.82) is 0 Å². The van der Waals surface area contributed by atoms with Gasteiger partial charge in [0.05, 0.1) is 25.9 Å². The Morgan fingerprint density at radius 1 is 0.755 bits per heavy atom. The molecule has 0 bridgehead atoms. The molecule has 2 amide bonds. The lowest BCUT2D eigenvalue weighted by molar-refractivity contribution is -0.357. The molecule has 3 heterocycles. The number of aldehydes is 1. The van der Waals surface area contributed by atoms with Crippen molar-refractivity contribution in [2.24, 2.45) is 0 Å². The molecule has 3 saturated heterocycles. The topological polar surface area (TPSA) is 319 Å². The lowest BCUT2D eigenvalue weighted by atomic mass is 9.93. The molecule has 0 radical (unpaired) electrons. The molecular formula is C28H46N2O19. The van der Waals surface area contributed by atoms with Gasteiger partial charge >= 0.3 is 5.97 Å². The van der Waals surface area contributed by atoms with Crippen LogP contribution >= 0.6 is 0 Å². The molecule has 282 valence electrons. The van der Waals surface area contributed by atoms with Crippen LogP contribution in [0, 0.1) is 0 Å². The number of nitrogens with one attached hydrogen (secondary N) is 2. The van der Waals surface area contributed by atoms with E-state index in [1.807, 2.05) is 0 Å². The third-order valence-corrected chi connectivity index (χ3v) is 8.04. The minimum atomic E-state index is -1.87. The second-order valence-corrected chi connectivity index (χ2v) is 11.8. The van der Waals surface area contributed by atoms with Gasteiger partial charge < -0.3 is 89.4 Å². The Morgan fingerprint density at radius 3 is 1.82 bits per heavy atom. The van der Waals surface area contributed by atoms with Crippen molar-refractivity contribution in [3.63, 3.8) is 0 Å². The molecule has 21 heteroatoms. The van der Waals surface area contributed by atoms with Crippen LogP contribution in [0.3, 0.4) is 0 Å². The summed E-state index contributed by atoms with van der Waals surface area (Å²) in [6, 6.07) is -3.13. The van der Waals surface area contributed by atoms with E-state index in [1.54, 1.807) is 0 Å². The minimum Gasteiger partial charge on any atom is -0.455 e. The number of aliphatic hydroxyl groups excluding tert-OH is 8. The van der Waals surface area contributed by atoms with E-state index in [-0.39, 0.29) is 6.29 Å². The van der Waals surface area contributed by atoms with Gasteiger partial charge in [0.25, 0.3) is 0 Å². The maximum Gasteiger partial charge on any atom is 0.335 e. The zero-order valence-electron chi connectivity index (χ0n) is 27.1. The number of hydrogen-bond donors (Lipinski definition) is 10. The van der Waals surface area contributed by atoms with Crippen LogP contribution in [0.15, 0.2) is 0 Å². The molecule has 3 rings (SSSR count). The van der Waals surface area contributed by atoms with E-state index in [4.69, 9.17) is 33.2 Å². The highest BCUT2D eigenvalue weighted by Crippen LogP contribution is 2.34. The maximum atomic E-state index is 12.6. The maximum absolute atomic E-state index is 12.6. The Labute approximate surface area is 279 Å². The second-order valence-electron chi connectivity index (χ2n) is 11.8. The average molecular weight is 715 g/mol. The monoisotopic (exact) mass is 714 g/mol. The van der Waals surface area contributed by atoms with E-state index in [1.165, 1.54) is 6.92 Å². The molecule has 1 unspecified atom stereocenters. The van der Waals surface area contributed by atoms with E-state index < -0.39 is 142 Å². The quantitative estimate of drug-likeness (QED) is 0.0590. The van der Waals surface area contributed by atoms with Crippen molar-refractivity contribution in [2.75, 3.05) is 19.8 Å². The van der Waals surface area contributed by atoms with E-state index in [9.17, 15) is 60.0 Å². The molecule has 17 atom stereocenters. The largest absolute Gasteiger partial charge is 0.455 e. The van der Waals surface area contributed by atoms with Crippen molar-refractivity contribution in [3.05, 3.63) is 0 Å². The first kappa shape index (κ1) is 40.9. The molecule has 0 aliphatic carbocycles. The summed E-state index contributed by atoms with van der Waals surface area (Å²) in [5.41, 5.74) is 0. The number of ether oxygens (including phenoxy) is 7. The summed E-state index contributed by atoms with van der Waals surface area (Å²) in [5.74, 6) is -2.71. The Kier molecular flexibility index (Phi) is 15.2. The van der Waals surface area contributed by atoms with Crippen LogP contribution in [0.5, 0.6) is 0 Å². The number of rotatable bonds is 14. The Morgan fingerprint density at radius 2 is 1.31 bits per heavy atom. The number of hydrogen-bond acceptors (Lipinski definition) is 19. The molecule has 0 aromatic heterocycles. The van der Waals surface area contributed by atoms with Crippen LogP contribution in [0.4, 0.5) is 0 Å². The average Bonchev–Trinajstić information content (AvgIpc) is 3.05. The van der Waals surface area contributed by atoms with Gasteiger partial charge in [-0.1, -0.05) is 0 Å². The molecule has 3 fully saturated rings. The van der Waals surface area contributed by atoms with Crippen LogP contribution < -0.4 is 10.6 Å². The Balaban J connectivity index is 2.11. The van der Waals surface area contributed by atoms with Crippen molar-refractivity contribution in [2.45, 2.75) is 132 Å². The summed E-state index contributed by atoms with van der Waals surface area (Å²) >= 11 is 0. The fourth-order valence-corrected chi connectivity index (χ4v) is 5.55. The summed E-state index contributed by atoms with van der Waals surface area (Å²) in [6.45, 7) is 1.98. The van der Waals surface area contributed by atoms with Gasteiger partial charge in [0.2, 0.25) is 11.8 Å². The van der Waals surface area contributed by atoms with Gasteiger partial charge in [-0.2, -0.15) is 0 Å². The van der Waals surface area contributed by atoms with Crippen LogP contribution in [-0.2, 0) is 52.3 Å². The van der Waals surface area contributed by atoms with Gasteiger partial charge in [-0.25, -0.2) is 4.79 Å². The molecule has 0 spiro atoms. The van der Waals surface area contributed by atoms with Gasteiger partial charge in [-0.3, -0.25) is 9.59 Å². The predicted octanol–water partition coefficient (Wildman–Crippen LogP) is -6.74. The number of aliphatic hydroxyl groups is 8. The summed E-state index contributed by atoms with van der Waals surface area (Å²) < 4.78 is 40.0. The smallest absolute Gasteiger partial charge is 0.335 e. The van der Waals surface area contributed by atoms with Crippen molar-refractivity contribution < 1.29 is 93.2 Å². The normalized spacial score (nSPS) is 40.9. The van der Waals surface area contributed by atoms with Gasteiger partial charge in [0.1, 0.15) is 73.1 Å². The lowest BCUT2D eigenvalue weighted by Crippen LogP contribution is -2.71. The fourth-order valence-electron chi connectivity index (χ4n) is 5.55. The standard InChI is InChI=1S/C28H46N2O19/c1-9(35)25(42)47-22-15(8-34)46-26(44-13(5-31)6-32)17(30-12(4)37)24(22)49-27-16(29-11(3)36)23(19(39)14(7-33)45-27)48-28-21(41)20(40)18(38)10(2)43-28/h5,9-10,13-24,26-28,32-35,38-41H,6-8H2,1-4H3,(H,29,36)(H,30,37)/t9-,10-,13?,14+,15+,16+,17+,18-,19+,20+,21+,22+,23+,24+,26+,27-,28-/m0/s1. The van der Waals surface area contributed by atoms with Crippen LogP contribution in [0.25, 0.3) is 0 Å². The van der Waals surface area contributed by atoms with Gasteiger partial charge in [0.15, 0.2) is 31.3 Å². The van der Waals surface area contributed by atoms with Crippen LogP contribution in [-0.4, -0.2) is 189 Å². The molecule has 21 nitrogen and oxygen atoms in total. The molecule has 3 aliphatic heterocycles. The third kappa shape index (κ3) is 9.86. The molecule has 0 aromatic carbocycles. The summed E-state index contributed by atoms with van der Waals surface area (Å²) in [4.78, 5) is 49.0. The van der Waals surface area contributed by atoms with E-state index in [0.717, 1.165) is 20.8 Å². The van der Waals surface area contributed by atoms with Crippen molar-refractivity contribution in [1.82, 2.24) is 10.6 Å². The molecule has 49 heavy (non-hydrogen) atoms. The van der Waals surface area contributed by atoms with Crippen molar-refractivity contribution >= 4 is 24.1 Å². The number of carbonyl (C=O) groups is 4. The summed E-state index contributed by atoms with van der Waals surface area (Å²) in [5, 5.41) is 86.9. The summed E-state index contributed by atoms with van der Waals surface area (Å²) in [7, 11) is 0. The lowest BCUT2D eigenvalue weighted by Gasteiger charge is -2.50. The molecule has 0 aromatic rings. The minimum absolute atomic E-state index is 0.225. The zero-order valence-corrected chi connectivity index (χ0v) is 27.1. The number of carbonyl (C=O) groups excluding carboxylic acids is 4. The van der Waals surface area contributed by atoms with E-state index in [2.05, 4.69) is 10.6 Å². The van der Waals surface area contributed by atoms with Gasteiger partial charge in [-0.05, 0) is 13.8 Å². The predicted molar refractivity (Wildman–Crippen MR) is 154 cm³/mol. The fraction of sp³-hybridized carbons (Fsp3) is 0.857. The van der Waals surface area contributed by atoms with Crippen LogP contribution in [0.2, 0.25) is 0 Å². The third-order valence-electron chi connectivity index (χ3n) is 8.04. The molecule has 3 aliphatic rings. The Hall–Kier alpha value is -2.48. The van der Waals surface area contributed by atoms with Crippen molar-refractivity contribution in [3.8, 4) is 0 Å².